The van der Waals surface area contributed by atoms with Crippen molar-refractivity contribution < 1.29 is 4.39 Å². The van der Waals surface area contributed by atoms with Crippen LogP contribution in [0.1, 0.15) is 18.5 Å². The average Bonchev–Trinajstić information content (AvgIpc) is 2.34. The van der Waals surface area contributed by atoms with Gasteiger partial charge in [0.05, 0.1) is 21.8 Å². The molecule has 0 heterocycles. The Morgan fingerprint density at radius 1 is 1.00 bits per heavy atom. The zero-order chi connectivity index (χ0) is 13.1. The molecule has 4 heteroatoms. The monoisotopic (exact) mass is 283 g/mol. The van der Waals surface area contributed by atoms with E-state index in [9.17, 15) is 4.39 Å². The molecule has 2 rings (SSSR count). The van der Waals surface area contributed by atoms with Crippen LogP contribution in [-0.4, -0.2) is 0 Å². The summed E-state index contributed by atoms with van der Waals surface area (Å²) in [4.78, 5) is 0. The maximum atomic E-state index is 13.6. The summed E-state index contributed by atoms with van der Waals surface area (Å²) in [5.41, 5.74) is 1.20. The van der Waals surface area contributed by atoms with Gasteiger partial charge in [0.25, 0.3) is 0 Å². The molecule has 0 aliphatic heterocycles. The number of hydrogen-bond donors (Lipinski definition) is 1. The molecular weight excluding hydrogens is 272 g/mol. The standard InChI is InChI=1S/C14H12Cl2FN/c1-9(10-5-2-3-8-13(10)17)18-14-11(15)6-4-7-12(14)16/h2-9,18H,1H3. The Hall–Kier alpha value is -1.25. The summed E-state index contributed by atoms with van der Waals surface area (Å²) < 4.78 is 13.6. The van der Waals surface area contributed by atoms with E-state index in [2.05, 4.69) is 5.32 Å². The lowest BCUT2D eigenvalue weighted by molar-refractivity contribution is 0.600. The van der Waals surface area contributed by atoms with Crippen LogP contribution in [0.25, 0.3) is 0 Å². The van der Waals surface area contributed by atoms with Crippen LogP contribution in [0.15, 0.2) is 42.5 Å². The lowest BCUT2D eigenvalue weighted by Crippen LogP contribution is -2.09. The Morgan fingerprint density at radius 3 is 2.22 bits per heavy atom. The summed E-state index contributed by atoms with van der Waals surface area (Å²) in [7, 11) is 0. The molecule has 18 heavy (non-hydrogen) atoms. The van der Waals surface area contributed by atoms with Crippen molar-refractivity contribution in [1.29, 1.82) is 0 Å². The fourth-order valence-corrected chi connectivity index (χ4v) is 2.26. The molecule has 0 aromatic heterocycles. The molecule has 0 aliphatic rings. The SMILES string of the molecule is CC(Nc1c(Cl)cccc1Cl)c1ccccc1F. The molecule has 1 nitrogen and oxygen atoms in total. The van der Waals surface area contributed by atoms with Gasteiger partial charge >= 0.3 is 0 Å². The summed E-state index contributed by atoms with van der Waals surface area (Å²) in [6.45, 7) is 1.86. The highest BCUT2D eigenvalue weighted by Gasteiger charge is 2.13. The first-order valence-electron chi connectivity index (χ1n) is 5.54. The molecule has 2 aromatic rings. The molecule has 0 spiro atoms. The predicted molar refractivity (Wildman–Crippen MR) is 74.9 cm³/mol. The molecule has 94 valence electrons. The van der Waals surface area contributed by atoms with Gasteiger partial charge in [-0.2, -0.15) is 0 Å². The molecule has 0 amide bonds. The topological polar surface area (TPSA) is 12.0 Å². The van der Waals surface area contributed by atoms with Gasteiger partial charge in [0.15, 0.2) is 0 Å². The number of nitrogens with one attached hydrogen (secondary N) is 1. The lowest BCUT2D eigenvalue weighted by Gasteiger charge is -2.18. The summed E-state index contributed by atoms with van der Waals surface area (Å²) in [6.07, 6.45) is 0. The van der Waals surface area contributed by atoms with Gasteiger partial charge in [-0.3, -0.25) is 0 Å². The van der Waals surface area contributed by atoms with E-state index in [0.29, 0.717) is 21.3 Å². The normalized spacial score (nSPS) is 12.2. The first-order chi connectivity index (χ1) is 8.59. The van der Waals surface area contributed by atoms with E-state index < -0.39 is 0 Å². The minimum absolute atomic E-state index is 0.219. The molecule has 0 bridgehead atoms. The Labute approximate surface area is 116 Å². The maximum absolute atomic E-state index is 13.6. The highest BCUT2D eigenvalue weighted by molar-refractivity contribution is 6.39. The van der Waals surface area contributed by atoms with Gasteiger partial charge in [-0.15, -0.1) is 0 Å². The van der Waals surface area contributed by atoms with Gasteiger partial charge in [-0.25, -0.2) is 4.39 Å². The zero-order valence-electron chi connectivity index (χ0n) is 9.75. The lowest BCUT2D eigenvalue weighted by atomic mass is 10.1. The molecule has 2 aromatic carbocycles. The maximum Gasteiger partial charge on any atom is 0.128 e. The van der Waals surface area contributed by atoms with Crippen LogP contribution in [0.3, 0.4) is 0 Å². The van der Waals surface area contributed by atoms with E-state index in [1.54, 1.807) is 36.4 Å². The van der Waals surface area contributed by atoms with Crippen LogP contribution in [0, 0.1) is 5.82 Å². The first kappa shape index (κ1) is 13.2. The second-order valence-electron chi connectivity index (χ2n) is 3.98. The minimum atomic E-state index is -0.249. The van der Waals surface area contributed by atoms with Crippen LogP contribution >= 0.6 is 23.2 Å². The largest absolute Gasteiger partial charge is 0.376 e. The molecule has 1 atom stereocenters. The van der Waals surface area contributed by atoms with Crippen LogP contribution < -0.4 is 5.32 Å². The van der Waals surface area contributed by atoms with Gasteiger partial charge in [0, 0.05) is 5.56 Å². The fourth-order valence-electron chi connectivity index (χ4n) is 1.76. The van der Waals surface area contributed by atoms with Gasteiger partial charge in [0.2, 0.25) is 0 Å². The van der Waals surface area contributed by atoms with Crippen molar-refractivity contribution in [2.24, 2.45) is 0 Å². The summed E-state index contributed by atoms with van der Waals surface area (Å²) in [6, 6.07) is 11.7. The predicted octanol–water partition coefficient (Wildman–Crippen LogP) is 5.31. The Balaban J connectivity index is 2.27. The van der Waals surface area contributed by atoms with E-state index in [1.165, 1.54) is 6.07 Å². The van der Waals surface area contributed by atoms with Gasteiger partial charge in [-0.05, 0) is 25.1 Å². The van der Waals surface area contributed by atoms with Crippen molar-refractivity contribution in [3.8, 4) is 0 Å². The molecular formula is C14H12Cl2FN. The molecule has 1 N–H and O–H groups in total. The van der Waals surface area contributed by atoms with Crippen molar-refractivity contribution in [2.75, 3.05) is 5.32 Å². The van der Waals surface area contributed by atoms with Crippen molar-refractivity contribution in [1.82, 2.24) is 0 Å². The van der Waals surface area contributed by atoms with E-state index in [1.807, 2.05) is 6.92 Å². The van der Waals surface area contributed by atoms with Gasteiger partial charge < -0.3 is 5.32 Å². The molecule has 0 radical (unpaired) electrons. The Kier molecular flexibility index (Phi) is 4.10. The fraction of sp³-hybridized carbons (Fsp3) is 0.143. The van der Waals surface area contributed by atoms with E-state index >= 15 is 0 Å². The third-order valence-electron chi connectivity index (χ3n) is 2.70. The molecule has 0 aliphatic carbocycles. The molecule has 1 unspecified atom stereocenters. The summed E-state index contributed by atoms with van der Waals surface area (Å²) in [5, 5.41) is 4.17. The quantitative estimate of drug-likeness (QED) is 0.805. The number of benzene rings is 2. The van der Waals surface area contributed by atoms with Crippen molar-refractivity contribution in [2.45, 2.75) is 13.0 Å². The highest BCUT2D eigenvalue weighted by Crippen LogP contribution is 2.33. The van der Waals surface area contributed by atoms with E-state index in [4.69, 9.17) is 23.2 Å². The summed E-state index contributed by atoms with van der Waals surface area (Å²) >= 11 is 12.1. The van der Waals surface area contributed by atoms with Crippen molar-refractivity contribution in [3.05, 3.63) is 63.9 Å². The highest BCUT2D eigenvalue weighted by atomic mass is 35.5. The third kappa shape index (κ3) is 2.77. The second kappa shape index (κ2) is 5.59. The molecule has 0 saturated carbocycles. The van der Waals surface area contributed by atoms with Crippen molar-refractivity contribution in [3.63, 3.8) is 0 Å². The smallest absolute Gasteiger partial charge is 0.128 e. The average molecular weight is 284 g/mol. The molecule has 0 saturated heterocycles. The Morgan fingerprint density at radius 2 is 1.61 bits per heavy atom. The first-order valence-corrected chi connectivity index (χ1v) is 6.30. The van der Waals surface area contributed by atoms with Gasteiger partial charge in [0.1, 0.15) is 5.82 Å². The van der Waals surface area contributed by atoms with Crippen LogP contribution in [0.2, 0.25) is 10.0 Å². The Bertz CT molecular complexity index is 537. The summed E-state index contributed by atoms with van der Waals surface area (Å²) in [5.74, 6) is -0.249. The van der Waals surface area contributed by atoms with Crippen LogP contribution in [-0.2, 0) is 0 Å². The van der Waals surface area contributed by atoms with E-state index in [-0.39, 0.29) is 11.9 Å². The number of hydrogen-bond acceptors (Lipinski definition) is 1. The zero-order valence-corrected chi connectivity index (χ0v) is 11.3. The van der Waals surface area contributed by atoms with Crippen molar-refractivity contribution >= 4 is 28.9 Å². The van der Waals surface area contributed by atoms with Crippen LogP contribution in [0.4, 0.5) is 10.1 Å². The minimum Gasteiger partial charge on any atom is -0.376 e. The number of halogens is 3. The van der Waals surface area contributed by atoms with Crippen LogP contribution in [0.5, 0.6) is 0 Å². The third-order valence-corrected chi connectivity index (χ3v) is 3.33. The van der Waals surface area contributed by atoms with E-state index in [0.717, 1.165) is 0 Å². The number of rotatable bonds is 3. The van der Waals surface area contributed by atoms with Gasteiger partial charge in [-0.1, -0.05) is 47.5 Å². The second-order valence-corrected chi connectivity index (χ2v) is 4.80. The number of para-hydroxylation sites is 1. The number of anilines is 1. The molecule has 0 fully saturated rings.